The number of carbonyl (C=O) groups is 1. The van der Waals surface area contributed by atoms with E-state index in [4.69, 9.17) is 0 Å². The second kappa shape index (κ2) is 2.82. The maximum Gasteiger partial charge on any atom is 0.230 e. The van der Waals surface area contributed by atoms with Crippen molar-refractivity contribution in [3.63, 3.8) is 0 Å². The van der Waals surface area contributed by atoms with Crippen LogP contribution >= 0.6 is 34.4 Å². The van der Waals surface area contributed by atoms with Crippen molar-refractivity contribution in [2.75, 3.05) is 0 Å². The minimum atomic E-state index is 0.242. The van der Waals surface area contributed by atoms with Gasteiger partial charge < -0.3 is 4.90 Å². The molecule has 2 aliphatic rings. The van der Waals surface area contributed by atoms with E-state index in [2.05, 4.69) is 22.6 Å². The summed E-state index contributed by atoms with van der Waals surface area (Å²) < 4.78 is 2.04. The minimum Gasteiger partial charge on any atom is -0.306 e. The van der Waals surface area contributed by atoms with Gasteiger partial charge in [0, 0.05) is 11.1 Å². The van der Waals surface area contributed by atoms with Crippen LogP contribution in [0, 0.1) is 0 Å². The van der Waals surface area contributed by atoms with Gasteiger partial charge in [-0.1, -0.05) is 34.4 Å². The summed E-state index contributed by atoms with van der Waals surface area (Å²) in [6.45, 7) is 0. The molecule has 0 bridgehead atoms. The number of carbonyl (C=O) groups excluding carboxylic acids is 1. The fourth-order valence-electron chi connectivity index (χ4n) is 1.09. The van der Waals surface area contributed by atoms with Crippen molar-refractivity contribution in [3.8, 4) is 0 Å². The van der Waals surface area contributed by atoms with Crippen molar-refractivity contribution >= 4 is 40.3 Å². The van der Waals surface area contributed by atoms with Crippen LogP contribution in [0.25, 0.3) is 0 Å². The van der Waals surface area contributed by atoms with Crippen LogP contribution in [0.1, 0.15) is 6.42 Å². The number of amides is 1. The van der Waals surface area contributed by atoms with Crippen molar-refractivity contribution in [2.45, 2.75) is 11.8 Å². The van der Waals surface area contributed by atoms with Gasteiger partial charge in [0.2, 0.25) is 5.91 Å². The van der Waals surface area contributed by atoms with Crippen LogP contribution in [0.5, 0.6) is 0 Å². The quantitative estimate of drug-likeness (QED) is 0.500. The molecular weight excluding hydrogens is 273 g/mol. The predicted molar refractivity (Wildman–Crippen MR) is 54.1 cm³/mol. The molecule has 0 spiro atoms. The zero-order valence-electron chi connectivity index (χ0n) is 5.66. The summed E-state index contributed by atoms with van der Waals surface area (Å²) in [6, 6.07) is 0. The van der Waals surface area contributed by atoms with E-state index in [1.807, 2.05) is 16.4 Å². The molecular formula is C7H6INOS. The molecule has 0 aromatic heterocycles. The number of nitrogens with zero attached hydrogens (tertiary/aromatic N) is 1. The first-order valence-corrected chi connectivity index (χ1v) is 5.40. The molecule has 2 aliphatic heterocycles. The molecule has 2 heterocycles. The van der Waals surface area contributed by atoms with Crippen molar-refractivity contribution in [3.05, 3.63) is 21.3 Å². The predicted octanol–water partition coefficient (Wildman–Crippen LogP) is 2.08. The highest BCUT2D eigenvalue weighted by Crippen LogP contribution is 2.39. The summed E-state index contributed by atoms with van der Waals surface area (Å²) >= 11 is 3.97. The van der Waals surface area contributed by atoms with Gasteiger partial charge >= 0.3 is 0 Å². The van der Waals surface area contributed by atoms with Gasteiger partial charge in [0.1, 0.15) is 0 Å². The number of hydrogen-bond donors (Lipinski definition) is 0. The number of halogens is 1. The zero-order valence-corrected chi connectivity index (χ0v) is 8.63. The molecule has 0 unspecified atom stereocenters. The van der Waals surface area contributed by atoms with Crippen LogP contribution in [0.2, 0.25) is 0 Å². The Bertz CT molecular complexity index is 261. The number of thioether (sulfide) groups is 1. The van der Waals surface area contributed by atoms with Gasteiger partial charge in [-0.05, 0) is 10.2 Å². The fourth-order valence-corrected chi connectivity index (χ4v) is 2.77. The molecule has 4 heteroatoms. The summed E-state index contributed by atoms with van der Waals surface area (Å²) in [5.74, 6) is 0.242. The van der Waals surface area contributed by atoms with Gasteiger partial charge in [0.05, 0.1) is 11.8 Å². The Morgan fingerprint density at radius 2 is 2.64 bits per heavy atom. The lowest BCUT2D eigenvalue weighted by atomic mass is 10.2. The maximum atomic E-state index is 10.9. The Labute approximate surface area is 82.8 Å². The van der Waals surface area contributed by atoms with E-state index in [0.717, 1.165) is 0 Å². The standard InChI is InChI=1S/C7H6INOS/c8-4-5-1-2-9-6(10)3-7(9)11-5/h1-2,4,7H,3H2/t7-/m1/s1. The molecule has 0 saturated carbocycles. The first-order chi connectivity index (χ1) is 5.31. The van der Waals surface area contributed by atoms with Crippen molar-refractivity contribution in [1.29, 1.82) is 0 Å². The highest BCUT2D eigenvalue weighted by Gasteiger charge is 2.37. The molecule has 0 radical (unpaired) electrons. The first kappa shape index (κ1) is 7.67. The largest absolute Gasteiger partial charge is 0.306 e. The Balaban J connectivity index is 2.18. The molecule has 58 valence electrons. The average Bonchev–Trinajstić information content (AvgIpc) is 2.02. The molecule has 0 aromatic carbocycles. The van der Waals surface area contributed by atoms with E-state index < -0.39 is 0 Å². The first-order valence-electron chi connectivity index (χ1n) is 3.27. The number of β-lactam (4-membered cyclic amide) rings is 1. The maximum absolute atomic E-state index is 10.9. The summed E-state index contributed by atoms with van der Waals surface area (Å²) in [4.78, 5) is 13.9. The number of hydrogen-bond acceptors (Lipinski definition) is 2. The Morgan fingerprint density at radius 1 is 1.82 bits per heavy atom. The molecule has 1 atom stereocenters. The number of rotatable bonds is 0. The Hall–Kier alpha value is 0.0300. The smallest absolute Gasteiger partial charge is 0.230 e. The van der Waals surface area contributed by atoms with Gasteiger partial charge in [-0.3, -0.25) is 4.79 Å². The molecule has 0 aromatic rings. The summed E-state index contributed by atoms with van der Waals surface area (Å²) in [5.41, 5.74) is 0. The third-order valence-electron chi connectivity index (χ3n) is 1.73. The SMILES string of the molecule is O=C1C[C@H]2SC(=CI)C=CN12. The van der Waals surface area contributed by atoms with Crippen molar-refractivity contribution in [1.82, 2.24) is 4.90 Å². The number of fused-ring (bicyclic) bond motifs is 1. The van der Waals surface area contributed by atoms with Gasteiger partial charge in [-0.2, -0.15) is 0 Å². The van der Waals surface area contributed by atoms with E-state index >= 15 is 0 Å². The molecule has 0 N–H and O–H groups in total. The minimum absolute atomic E-state index is 0.242. The lowest BCUT2D eigenvalue weighted by Gasteiger charge is -2.39. The lowest BCUT2D eigenvalue weighted by Crippen LogP contribution is -2.48. The van der Waals surface area contributed by atoms with Crippen LogP contribution < -0.4 is 0 Å². The van der Waals surface area contributed by atoms with Crippen LogP contribution in [-0.2, 0) is 4.79 Å². The van der Waals surface area contributed by atoms with Crippen molar-refractivity contribution < 1.29 is 4.79 Å². The molecule has 2 rings (SSSR count). The zero-order chi connectivity index (χ0) is 7.84. The van der Waals surface area contributed by atoms with E-state index in [-0.39, 0.29) is 5.91 Å². The Kier molecular flexibility index (Phi) is 1.97. The van der Waals surface area contributed by atoms with Crippen LogP contribution in [0.4, 0.5) is 0 Å². The second-order valence-electron chi connectivity index (χ2n) is 2.40. The highest BCUT2D eigenvalue weighted by molar-refractivity contribution is 14.1. The Morgan fingerprint density at radius 3 is 3.18 bits per heavy atom. The highest BCUT2D eigenvalue weighted by atomic mass is 127. The normalized spacial score (nSPS) is 32.1. The average molecular weight is 279 g/mol. The second-order valence-corrected chi connectivity index (χ2v) is 4.28. The lowest BCUT2D eigenvalue weighted by molar-refractivity contribution is -0.137. The van der Waals surface area contributed by atoms with Crippen molar-refractivity contribution in [2.24, 2.45) is 0 Å². The summed E-state index contributed by atoms with van der Waals surface area (Å²) in [7, 11) is 0. The van der Waals surface area contributed by atoms with Gasteiger partial charge in [0.25, 0.3) is 0 Å². The van der Waals surface area contributed by atoms with E-state index in [1.54, 1.807) is 16.7 Å². The van der Waals surface area contributed by atoms with E-state index in [9.17, 15) is 4.79 Å². The van der Waals surface area contributed by atoms with Crippen LogP contribution in [0.15, 0.2) is 21.3 Å². The van der Waals surface area contributed by atoms with Gasteiger partial charge in [-0.25, -0.2) is 0 Å². The van der Waals surface area contributed by atoms with Gasteiger partial charge in [-0.15, -0.1) is 0 Å². The van der Waals surface area contributed by atoms with Gasteiger partial charge in [0.15, 0.2) is 0 Å². The third-order valence-corrected chi connectivity index (χ3v) is 4.01. The third kappa shape index (κ3) is 1.22. The number of allylic oxidation sites excluding steroid dienone is 1. The van der Waals surface area contributed by atoms with Crippen LogP contribution in [0.3, 0.4) is 0 Å². The summed E-state index contributed by atoms with van der Waals surface area (Å²) in [5, 5.41) is 0.383. The molecule has 11 heavy (non-hydrogen) atoms. The molecule has 1 amide bonds. The topological polar surface area (TPSA) is 20.3 Å². The summed E-state index contributed by atoms with van der Waals surface area (Å²) in [6.07, 6.45) is 4.55. The molecule has 1 saturated heterocycles. The molecule has 2 nitrogen and oxygen atoms in total. The molecule has 1 fully saturated rings. The fraction of sp³-hybridized carbons (Fsp3) is 0.286. The molecule has 0 aliphatic carbocycles. The van der Waals surface area contributed by atoms with E-state index in [0.29, 0.717) is 11.8 Å². The monoisotopic (exact) mass is 279 g/mol. The van der Waals surface area contributed by atoms with Crippen LogP contribution in [-0.4, -0.2) is 16.2 Å². The van der Waals surface area contributed by atoms with E-state index in [1.165, 1.54) is 4.91 Å².